The van der Waals surface area contributed by atoms with E-state index in [-0.39, 0.29) is 0 Å². The number of fused-ring (bicyclic) bond motifs is 1. The number of aliphatic hydroxyl groups excluding tert-OH is 1. The van der Waals surface area contributed by atoms with Gasteiger partial charge in [-0.2, -0.15) is 0 Å². The molecule has 19 heavy (non-hydrogen) atoms. The Kier molecular flexibility index (Phi) is 3.01. The number of hydrogen-bond acceptors (Lipinski definition) is 3. The lowest BCUT2D eigenvalue weighted by atomic mass is 10.1. The highest BCUT2D eigenvalue weighted by molar-refractivity contribution is 6.29. The summed E-state index contributed by atoms with van der Waals surface area (Å²) in [6.07, 6.45) is 0.711. The third-order valence-electron chi connectivity index (χ3n) is 3.03. The second-order valence-electron chi connectivity index (χ2n) is 4.51. The number of aromatic nitrogens is 1. The van der Waals surface area contributed by atoms with Crippen molar-refractivity contribution in [2.45, 2.75) is 13.0 Å². The predicted molar refractivity (Wildman–Crippen MR) is 74.3 cm³/mol. The van der Waals surface area contributed by atoms with Gasteiger partial charge < -0.3 is 9.52 Å². The number of pyridine rings is 1. The normalized spacial score (nSPS) is 12.8. The van der Waals surface area contributed by atoms with Crippen molar-refractivity contribution in [3.63, 3.8) is 0 Å². The summed E-state index contributed by atoms with van der Waals surface area (Å²) in [7, 11) is 0. The Morgan fingerprint density at radius 2 is 2.05 bits per heavy atom. The van der Waals surface area contributed by atoms with Crippen LogP contribution in [0.2, 0.25) is 5.15 Å². The van der Waals surface area contributed by atoms with E-state index in [0.717, 1.165) is 16.5 Å². The summed E-state index contributed by atoms with van der Waals surface area (Å²) in [6, 6.07) is 11.1. The zero-order valence-corrected chi connectivity index (χ0v) is 11.1. The average Bonchev–Trinajstić information content (AvgIpc) is 2.81. The fourth-order valence-corrected chi connectivity index (χ4v) is 2.14. The molecular formula is C15H12ClNO2. The van der Waals surface area contributed by atoms with Crippen molar-refractivity contribution < 1.29 is 9.52 Å². The Balaban J connectivity index is 2.01. The van der Waals surface area contributed by atoms with Gasteiger partial charge in [0.1, 0.15) is 22.6 Å². The number of aliphatic hydroxyl groups is 1. The van der Waals surface area contributed by atoms with E-state index in [0.29, 0.717) is 16.5 Å². The van der Waals surface area contributed by atoms with E-state index < -0.39 is 6.10 Å². The number of hydrogen-bond donors (Lipinski definition) is 1. The third kappa shape index (κ3) is 2.35. The Morgan fingerprint density at radius 1 is 1.21 bits per heavy atom. The van der Waals surface area contributed by atoms with Gasteiger partial charge in [0.2, 0.25) is 0 Å². The number of nitrogens with zero attached hydrogens (tertiary/aromatic N) is 1. The number of benzene rings is 1. The molecule has 4 heteroatoms. The first-order valence-corrected chi connectivity index (χ1v) is 6.31. The van der Waals surface area contributed by atoms with Crippen LogP contribution in [0.5, 0.6) is 0 Å². The van der Waals surface area contributed by atoms with Gasteiger partial charge >= 0.3 is 0 Å². The average molecular weight is 274 g/mol. The van der Waals surface area contributed by atoms with Crippen LogP contribution in [0.4, 0.5) is 0 Å². The van der Waals surface area contributed by atoms with Gasteiger partial charge in [-0.1, -0.05) is 29.3 Å². The van der Waals surface area contributed by atoms with E-state index in [2.05, 4.69) is 4.98 Å². The summed E-state index contributed by atoms with van der Waals surface area (Å²) >= 11 is 5.73. The molecule has 0 saturated heterocycles. The molecule has 0 radical (unpaired) electrons. The molecule has 96 valence electrons. The summed E-state index contributed by atoms with van der Waals surface area (Å²) in [5.41, 5.74) is 2.57. The molecule has 0 fully saturated rings. The topological polar surface area (TPSA) is 46.3 Å². The van der Waals surface area contributed by atoms with Gasteiger partial charge in [-0.05, 0) is 31.2 Å². The van der Waals surface area contributed by atoms with Gasteiger partial charge in [0.15, 0.2) is 0 Å². The number of halogens is 1. The first-order valence-electron chi connectivity index (χ1n) is 5.93. The SMILES string of the molecule is Cc1ccc2oc(C(O)c3ccc(Cl)nc3)cc2c1. The monoisotopic (exact) mass is 273 g/mol. The van der Waals surface area contributed by atoms with Crippen molar-refractivity contribution in [2.24, 2.45) is 0 Å². The van der Waals surface area contributed by atoms with E-state index in [9.17, 15) is 5.11 Å². The van der Waals surface area contributed by atoms with E-state index in [1.165, 1.54) is 0 Å². The predicted octanol–water partition coefficient (Wildman–Crippen LogP) is 3.87. The quantitative estimate of drug-likeness (QED) is 0.721. The molecule has 0 saturated carbocycles. The van der Waals surface area contributed by atoms with E-state index in [1.807, 2.05) is 31.2 Å². The molecule has 2 aromatic heterocycles. The van der Waals surface area contributed by atoms with Crippen LogP contribution in [-0.4, -0.2) is 10.1 Å². The van der Waals surface area contributed by atoms with Crippen LogP contribution < -0.4 is 0 Å². The Bertz CT molecular complexity index is 719. The van der Waals surface area contributed by atoms with E-state index in [4.69, 9.17) is 16.0 Å². The lowest BCUT2D eigenvalue weighted by Crippen LogP contribution is -1.98. The lowest BCUT2D eigenvalue weighted by molar-refractivity contribution is 0.192. The molecule has 0 bridgehead atoms. The molecule has 3 rings (SSSR count). The van der Waals surface area contributed by atoms with Crippen LogP contribution in [0.15, 0.2) is 47.0 Å². The van der Waals surface area contributed by atoms with Crippen molar-refractivity contribution in [3.05, 3.63) is 64.6 Å². The molecule has 0 aliphatic rings. The summed E-state index contributed by atoms with van der Waals surface area (Å²) in [4.78, 5) is 3.96. The molecule has 0 spiro atoms. The molecule has 3 nitrogen and oxygen atoms in total. The minimum atomic E-state index is -0.836. The minimum absolute atomic E-state index is 0.399. The van der Waals surface area contributed by atoms with Crippen LogP contribution in [0.25, 0.3) is 11.0 Å². The molecule has 1 aromatic carbocycles. The molecule has 0 amide bonds. The third-order valence-corrected chi connectivity index (χ3v) is 3.25. The Hall–Kier alpha value is -1.84. The standard InChI is InChI=1S/C15H12ClNO2/c1-9-2-4-12-11(6-9)7-13(19-12)15(18)10-3-5-14(16)17-8-10/h2-8,15,18H,1H3. The first-order chi connectivity index (χ1) is 9.13. The Morgan fingerprint density at radius 3 is 2.79 bits per heavy atom. The van der Waals surface area contributed by atoms with Gasteiger partial charge in [0, 0.05) is 17.1 Å². The molecule has 1 atom stereocenters. The van der Waals surface area contributed by atoms with Crippen LogP contribution in [0.1, 0.15) is 23.0 Å². The second kappa shape index (κ2) is 4.68. The smallest absolute Gasteiger partial charge is 0.138 e. The zero-order valence-electron chi connectivity index (χ0n) is 10.3. The second-order valence-corrected chi connectivity index (χ2v) is 4.89. The number of rotatable bonds is 2. The summed E-state index contributed by atoms with van der Waals surface area (Å²) in [5.74, 6) is 0.504. The maximum absolute atomic E-state index is 10.3. The van der Waals surface area contributed by atoms with Gasteiger partial charge in [0.25, 0.3) is 0 Å². The molecule has 3 aromatic rings. The van der Waals surface area contributed by atoms with Crippen molar-refractivity contribution in [1.82, 2.24) is 4.98 Å². The van der Waals surface area contributed by atoms with Crippen LogP contribution >= 0.6 is 11.6 Å². The number of furan rings is 1. The largest absolute Gasteiger partial charge is 0.458 e. The lowest BCUT2D eigenvalue weighted by Gasteiger charge is -2.06. The molecule has 1 N–H and O–H groups in total. The van der Waals surface area contributed by atoms with Crippen LogP contribution in [0, 0.1) is 6.92 Å². The zero-order chi connectivity index (χ0) is 13.4. The summed E-state index contributed by atoms with van der Waals surface area (Å²) < 4.78 is 5.66. The van der Waals surface area contributed by atoms with Crippen molar-refractivity contribution in [3.8, 4) is 0 Å². The van der Waals surface area contributed by atoms with Crippen molar-refractivity contribution in [2.75, 3.05) is 0 Å². The highest BCUT2D eigenvalue weighted by Gasteiger charge is 2.16. The van der Waals surface area contributed by atoms with Crippen LogP contribution in [-0.2, 0) is 0 Å². The van der Waals surface area contributed by atoms with Gasteiger partial charge in [-0.3, -0.25) is 0 Å². The highest BCUT2D eigenvalue weighted by atomic mass is 35.5. The maximum atomic E-state index is 10.3. The minimum Gasteiger partial charge on any atom is -0.458 e. The number of aryl methyl sites for hydroxylation is 1. The van der Waals surface area contributed by atoms with Crippen LogP contribution in [0.3, 0.4) is 0 Å². The maximum Gasteiger partial charge on any atom is 0.138 e. The highest BCUT2D eigenvalue weighted by Crippen LogP contribution is 2.28. The summed E-state index contributed by atoms with van der Waals surface area (Å²) in [6.45, 7) is 2.02. The van der Waals surface area contributed by atoms with Crippen molar-refractivity contribution >= 4 is 22.6 Å². The van der Waals surface area contributed by atoms with Gasteiger partial charge in [-0.15, -0.1) is 0 Å². The first kappa shape index (κ1) is 12.2. The van der Waals surface area contributed by atoms with E-state index >= 15 is 0 Å². The molecule has 0 aliphatic carbocycles. The van der Waals surface area contributed by atoms with Crippen molar-refractivity contribution in [1.29, 1.82) is 0 Å². The van der Waals surface area contributed by atoms with E-state index in [1.54, 1.807) is 18.3 Å². The van der Waals surface area contributed by atoms with Gasteiger partial charge in [-0.25, -0.2) is 4.98 Å². The molecular weight excluding hydrogens is 262 g/mol. The molecule has 0 aliphatic heterocycles. The molecule has 2 heterocycles. The Labute approximate surface area is 115 Å². The fourth-order valence-electron chi connectivity index (χ4n) is 2.03. The summed E-state index contributed by atoms with van der Waals surface area (Å²) in [5, 5.41) is 11.7. The molecule has 1 unspecified atom stereocenters. The van der Waals surface area contributed by atoms with Gasteiger partial charge in [0.05, 0.1) is 0 Å². The fraction of sp³-hybridized carbons (Fsp3) is 0.133.